The molecule has 0 aromatic heterocycles. The minimum absolute atomic E-state index is 0.0842. The van der Waals surface area contributed by atoms with E-state index >= 15 is 0 Å². The van der Waals surface area contributed by atoms with Gasteiger partial charge in [-0.1, -0.05) is 0 Å². The molecule has 0 atom stereocenters. The molecule has 2 N–H and O–H groups in total. The SMILES string of the molecule is [2H]C([2H])([2H])N1CCC(Oc2ccc(N)cc2C)CC1. The van der Waals surface area contributed by atoms with Crippen LogP contribution in [0.25, 0.3) is 0 Å². The molecule has 0 spiro atoms. The van der Waals surface area contributed by atoms with E-state index in [1.165, 1.54) is 4.90 Å². The molecule has 1 saturated heterocycles. The van der Waals surface area contributed by atoms with Crippen molar-refractivity contribution in [1.82, 2.24) is 4.90 Å². The summed E-state index contributed by atoms with van der Waals surface area (Å²) in [7, 11) is 0. The zero-order valence-electron chi connectivity index (χ0n) is 12.6. The fourth-order valence-corrected chi connectivity index (χ4v) is 1.96. The quantitative estimate of drug-likeness (QED) is 0.780. The van der Waals surface area contributed by atoms with Crippen molar-refractivity contribution in [1.29, 1.82) is 0 Å². The highest BCUT2D eigenvalue weighted by Gasteiger charge is 2.18. The van der Waals surface area contributed by atoms with Crippen molar-refractivity contribution in [3.8, 4) is 5.75 Å². The summed E-state index contributed by atoms with van der Waals surface area (Å²) in [4.78, 5) is 1.53. The molecule has 1 heterocycles. The Balaban J connectivity index is 1.92. The summed E-state index contributed by atoms with van der Waals surface area (Å²) in [6.07, 6.45) is 1.56. The van der Waals surface area contributed by atoms with Crippen LogP contribution in [0.3, 0.4) is 0 Å². The third kappa shape index (κ3) is 2.67. The predicted molar refractivity (Wildman–Crippen MR) is 66.7 cm³/mol. The molecule has 1 fully saturated rings. The molecule has 88 valence electrons. The third-order valence-electron chi connectivity index (χ3n) is 2.93. The molecule has 0 amide bonds. The molecule has 0 unspecified atom stereocenters. The van der Waals surface area contributed by atoms with Crippen molar-refractivity contribution in [3.05, 3.63) is 23.8 Å². The summed E-state index contributed by atoms with van der Waals surface area (Å²) in [6, 6.07) is 5.58. The summed E-state index contributed by atoms with van der Waals surface area (Å²) < 4.78 is 28.1. The molecule has 1 aromatic rings. The van der Waals surface area contributed by atoms with Crippen LogP contribution in [0.2, 0.25) is 0 Å². The Kier molecular flexibility index (Phi) is 2.36. The van der Waals surface area contributed by atoms with Crippen molar-refractivity contribution >= 4 is 5.69 Å². The van der Waals surface area contributed by atoms with Crippen LogP contribution in [-0.4, -0.2) is 31.1 Å². The van der Waals surface area contributed by atoms with Gasteiger partial charge in [0.25, 0.3) is 0 Å². The Labute approximate surface area is 101 Å². The molecule has 0 bridgehead atoms. The second-order valence-corrected chi connectivity index (χ2v) is 4.33. The van der Waals surface area contributed by atoms with Crippen LogP contribution < -0.4 is 10.5 Å². The Morgan fingerprint density at radius 3 is 2.81 bits per heavy atom. The maximum absolute atomic E-state index is 7.38. The number of nitrogens with two attached hydrogens (primary N) is 1. The first kappa shape index (κ1) is 7.96. The normalized spacial score (nSPS) is 22.2. The minimum atomic E-state index is -1.98. The van der Waals surface area contributed by atoms with E-state index in [0.29, 0.717) is 13.1 Å². The van der Waals surface area contributed by atoms with Crippen LogP contribution in [0.1, 0.15) is 22.5 Å². The number of likely N-dealkylation sites (tertiary alicyclic amines) is 1. The highest BCUT2D eigenvalue weighted by molar-refractivity contribution is 5.47. The Morgan fingerprint density at radius 1 is 1.44 bits per heavy atom. The van der Waals surface area contributed by atoms with E-state index in [-0.39, 0.29) is 6.10 Å². The van der Waals surface area contributed by atoms with Crippen LogP contribution >= 0.6 is 0 Å². The van der Waals surface area contributed by atoms with Crippen LogP contribution in [-0.2, 0) is 0 Å². The summed E-state index contributed by atoms with van der Waals surface area (Å²) in [5, 5.41) is 0. The Bertz CT molecular complexity index is 440. The molecule has 16 heavy (non-hydrogen) atoms. The van der Waals surface area contributed by atoms with Gasteiger partial charge in [-0.15, -0.1) is 0 Å². The van der Waals surface area contributed by atoms with Gasteiger partial charge in [0.1, 0.15) is 11.9 Å². The number of hydrogen-bond acceptors (Lipinski definition) is 3. The highest BCUT2D eigenvalue weighted by atomic mass is 16.5. The Hall–Kier alpha value is -1.22. The lowest BCUT2D eigenvalue weighted by atomic mass is 10.1. The summed E-state index contributed by atoms with van der Waals surface area (Å²) in [6.45, 7) is 1.08. The van der Waals surface area contributed by atoms with Gasteiger partial charge in [-0.25, -0.2) is 0 Å². The maximum Gasteiger partial charge on any atom is 0.122 e. The van der Waals surface area contributed by atoms with Gasteiger partial charge in [0.2, 0.25) is 0 Å². The van der Waals surface area contributed by atoms with Crippen molar-refractivity contribution < 1.29 is 8.85 Å². The number of anilines is 1. The zero-order valence-corrected chi connectivity index (χ0v) is 9.57. The van der Waals surface area contributed by atoms with Gasteiger partial charge in [-0.2, -0.15) is 0 Å². The minimum Gasteiger partial charge on any atom is -0.490 e. The first-order chi connectivity index (χ1) is 8.86. The molecule has 1 aliphatic rings. The van der Waals surface area contributed by atoms with E-state index < -0.39 is 6.98 Å². The first-order valence-corrected chi connectivity index (χ1v) is 5.64. The monoisotopic (exact) mass is 223 g/mol. The largest absolute Gasteiger partial charge is 0.490 e. The van der Waals surface area contributed by atoms with Crippen molar-refractivity contribution in [2.75, 3.05) is 25.8 Å². The van der Waals surface area contributed by atoms with Crippen molar-refractivity contribution in [2.24, 2.45) is 0 Å². The van der Waals surface area contributed by atoms with E-state index in [4.69, 9.17) is 14.6 Å². The molecule has 1 aromatic carbocycles. The lowest BCUT2D eigenvalue weighted by Crippen LogP contribution is -2.35. The molecule has 0 aliphatic carbocycles. The van der Waals surface area contributed by atoms with Gasteiger partial charge in [0, 0.05) is 22.9 Å². The maximum atomic E-state index is 7.38. The number of nitrogens with zero attached hydrogens (tertiary/aromatic N) is 1. The number of aryl methyl sites for hydroxylation is 1. The second-order valence-electron chi connectivity index (χ2n) is 4.33. The van der Waals surface area contributed by atoms with Crippen LogP contribution in [0.4, 0.5) is 5.69 Å². The van der Waals surface area contributed by atoms with E-state index in [2.05, 4.69) is 0 Å². The van der Waals surface area contributed by atoms with Crippen molar-refractivity contribution in [2.45, 2.75) is 25.9 Å². The van der Waals surface area contributed by atoms with E-state index in [0.717, 1.165) is 29.8 Å². The lowest BCUT2D eigenvalue weighted by molar-refractivity contribution is 0.113. The topological polar surface area (TPSA) is 38.5 Å². The first-order valence-electron chi connectivity index (χ1n) is 7.14. The van der Waals surface area contributed by atoms with Crippen LogP contribution in [0.5, 0.6) is 5.75 Å². The smallest absolute Gasteiger partial charge is 0.122 e. The van der Waals surface area contributed by atoms with Crippen LogP contribution in [0, 0.1) is 6.92 Å². The fraction of sp³-hybridized carbons (Fsp3) is 0.538. The van der Waals surface area contributed by atoms with Gasteiger partial charge in [0.05, 0.1) is 0 Å². The van der Waals surface area contributed by atoms with E-state index in [9.17, 15) is 0 Å². The van der Waals surface area contributed by atoms with Gasteiger partial charge in [-0.3, -0.25) is 0 Å². The lowest BCUT2D eigenvalue weighted by Gasteiger charge is -2.29. The number of piperidine rings is 1. The fourth-order valence-electron chi connectivity index (χ4n) is 1.96. The molecule has 2 rings (SSSR count). The molecular formula is C13H20N2O. The average Bonchev–Trinajstić information content (AvgIpc) is 2.32. The molecular weight excluding hydrogens is 200 g/mol. The van der Waals surface area contributed by atoms with Crippen LogP contribution in [0.15, 0.2) is 18.2 Å². The summed E-state index contributed by atoms with van der Waals surface area (Å²) in [5.74, 6) is 0.835. The highest BCUT2D eigenvalue weighted by Crippen LogP contribution is 2.24. The third-order valence-corrected chi connectivity index (χ3v) is 2.93. The van der Waals surface area contributed by atoms with E-state index in [1.807, 2.05) is 25.1 Å². The molecule has 0 radical (unpaired) electrons. The molecule has 3 heteroatoms. The Morgan fingerprint density at radius 2 is 2.19 bits per heavy atom. The number of rotatable bonds is 2. The van der Waals surface area contributed by atoms with E-state index in [1.54, 1.807) is 0 Å². The standard InChI is InChI=1S/C13H20N2O/c1-10-9-11(14)3-4-13(10)16-12-5-7-15(2)8-6-12/h3-4,9,12H,5-8,14H2,1-2H3/i2D3. The molecule has 3 nitrogen and oxygen atoms in total. The summed E-state index contributed by atoms with van der Waals surface area (Å²) >= 11 is 0. The zero-order chi connectivity index (χ0) is 14.0. The predicted octanol–water partition coefficient (Wildman–Crippen LogP) is 2.05. The molecule has 0 saturated carbocycles. The van der Waals surface area contributed by atoms with Gasteiger partial charge in [0.15, 0.2) is 0 Å². The van der Waals surface area contributed by atoms with Gasteiger partial charge < -0.3 is 15.4 Å². The average molecular weight is 223 g/mol. The van der Waals surface area contributed by atoms with Crippen molar-refractivity contribution in [3.63, 3.8) is 0 Å². The van der Waals surface area contributed by atoms with Gasteiger partial charge >= 0.3 is 0 Å². The molecule has 1 aliphatic heterocycles. The number of ether oxygens (including phenoxy) is 1. The van der Waals surface area contributed by atoms with Gasteiger partial charge in [-0.05, 0) is 50.5 Å². The summed E-state index contributed by atoms with van der Waals surface area (Å²) in [5.41, 5.74) is 7.44. The second kappa shape index (κ2) is 4.74. The number of hydrogen-bond donors (Lipinski definition) is 1. The number of benzene rings is 1. The number of nitrogen functional groups attached to an aromatic ring is 1.